The van der Waals surface area contributed by atoms with Crippen molar-refractivity contribution in [2.24, 2.45) is 0 Å². The van der Waals surface area contributed by atoms with Gasteiger partial charge in [0, 0.05) is 55.6 Å². The van der Waals surface area contributed by atoms with Gasteiger partial charge in [0.1, 0.15) is 5.56 Å². The lowest BCUT2D eigenvalue weighted by atomic mass is 10.2. The molecule has 0 unspecified atom stereocenters. The third kappa shape index (κ3) is 4.11. The smallest absolute Gasteiger partial charge is 0.256 e. The van der Waals surface area contributed by atoms with E-state index in [4.69, 9.17) is 0 Å². The number of pyridine rings is 1. The second-order valence-corrected chi connectivity index (χ2v) is 5.83. The van der Waals surface area contributed by atoms with Gasteiger partial charge in [-0.25, -0.2) is 0 Å². The highest BCUT2D eigenvalue weighted by molar-refractivity contribution is 7.99. The molecule has 19 heavy (non-hydrogen) atoms. The molecule has 1 saturated heterocycles. The van der Waals surface area contributed by atoms with Gasteiger partial charge in [0.15, 0.2) is 5.43 Å². The van der Waals surface area contributed by atoms with Crippen LogP contribution in [-0.4, -0.2) is 53.5 Å². The first-order valence-corrected chi connectivity index (χ1v) is 7.60. The second-order valence-electron chi connectivity index (χ2n) is 4.60. The summed E-state index contributed by atoms with van der Waals surface area (Å²) in [7, 11) is 0. The Morgan fingerprint density at radius 1 is 1.47 bits per heavy atom. The molecule has 0 aliphatic carbocycles. The van der Waals surface area contributed by atoms with Gasteiger partial charge in [0.2, 0.25) is 0 Å². The molecule has 1 aliphatic rings. The number of amides is 1. The minimum atomic E-state index is -0.298. The van der Waals surface area contributed by atoms with Crippen LogP contribution in [0.25, 0.3) is 0 Å². The van der Waals surface area contributed by atoms with Gasteiger partial charge >= 0.3 is 0 Å². The molecule has 1 fully saturated rings. The van der Waals surface area contributed by atoms with Crippen LogP contribution in [0.2, 0.25) is 0 Å². The monoisotopic (exact) mass is 281 g/mol. The highest BCUT2D eigenvalue weighted by atomic mass is 32.2. The van der Waals surface area contributed by atoms with E-state index >= 15 is 0 Å². The largest absolute Gasteiger partial charge is 0.364 e. The van der Waals surface area contributed by atoms with Crippen LogP contribution < -0.4 is 10.7 Å². The minimum Gasteiger partial charge on any atom is -0.364 e. The number of H-pyrrole nitrogens is 1. The van der Waals surface area contributed by atoms with Crippen molar-refractivity contribution in [3.63, 3.8) is 0 Å². The Balaban J connectivity index is 1.82. The van der Waals surface area contributed by atoms with Gasteiger partial charge in [-0.05, 0) is 6.92 Å². The van der Waals surface area contributed by atoms with Crippen molar-refractivity contribution in [2.45, 2.75) is 6.92 Å². The standard InChI is InChI=1S/C13H19N3O2S/c1-10-8-12(17)11(9-15-10)13(18)14-2-3-16-4-6-19-7-5-16/h8-9H,2-7H2,1H3,(H,14,18)(H,15,17). The molecule has 0 atom stereocenters. The van der Waals surface area contributed by atoms with E-state index in [0.717, 1.165) is 36.8 Å². The van der Waals surface area contributed by atoms with Crippen LogP contribution in [0.3, 0.4) is 0 Å². The number of aryl methyl sites for hydroxylation is 1. The maximum Gasteiger partial charge on any atom is 0.256 e. The lowest BCUT2D eigenvalue weighted by molar-refractivity contribution is 0.0947. The van der Waals surface area contributed by atoms with Crippen molar-refractivity contribution >= 4 is 17.7 Å². The van der Waals surface area contributed by atoms with E-state index in [0.29, 0.717) is 6.54 Å². The van der Waals surface area contributed by atoms with Crippen molar-refractivity contribution in [1.82, 2.24) is 15.2 Å². The second kappa shape index (κ2) is 6.77. The number of hydrogen-bond donors (Lipinski definition) is 2. The van der Waals surface area contributed by atoms with Crippen LogP contribution in [0.15, 0.2) is 17.1 Å². The Morgan fingerprint density at radius 3 is 2.89 bits per heavy atom. The van der Waals surface area contributed by atoms with Gasteiger partial charge in [-0.15, -0.1) is 0 Å². The zero-order chi connectivity index (χ0) is 13.7. The zero-order valence-electron chi connectivity index (χ0n) is 11.1. The number of nitrogens with one attached hydrogen (secondary N) is 2. The molecule has 0 bridgehead atoms. The molecule has 5 nitrogen and oxygen atoms in total. The molecule has 0 spiro atoms. The van der Waals surface area contributed by atoms with Crippen molar-refractivity contribution in [3.05, 3.63) is 33.7 Å². The number of aromatic amines is 1. The molecule has 0 radical (unpaired) electrons. The van der Waals surface area contributed by atoms with E-state index in [9.17, 15) is 9.59 Å². The van der Waals surface area contributed by atoms with Crippen LogP contribution in [0, 0.1) is 6.92 Å². The summed E-state index contributed by atoms with van der Waals surface area (Å²) in [6.45, 7) is 5.36. The molecule has 1 aliphatic heterocycles. The molecule has 0 saturated carbocycles. The van der Waals surface area contributed by atoms with Gasteiger partial charge in [0.25, 0.3) is 5.91 Å². The lowest BCUT2D eigenvalue weighted by Gasteiger charge is -2.25. The number of carbonyl (C=O) groups is 1. The summed E-state index contributed by atoms with van der Waals surface area (Å²) in [6, 6.07) is 1.44. The molecule has 1 aromatic heterocycles. The van der Waals surface area contributed by atoms with Crippen LogP contribution in [-0.2, 0) is 0 Å². The lowest BCUT2D eigenvalue weighted by Crippen LogP contribution is -2.40. The number of aromatic nitrogens is 1. The fourth-order valence-corrected chi connectivity index (χ4v) is 2.98. The van der Waals surface area contributed by atoms with Gasteiger partial charge in [-0.3, -0.25) is 14.5 Å². The summed E-state index contributed by atoms with van der Waals surface area (Å²) in [6.07, 6.45) is 1.48. The highest BCUT2D eigenvalue weighted by Crippen LogP contribution is 2.07. The average Bonchev–Trinajstić information content (AvgIpc) is 2.39. The third-order valence-corrected chi connectivity index (χ3v) is 4.06. The molecule has 1 aromatic rings. The molecular formula is C13H19N3O2S. The summed E-state index contributed by atoms with van der Waals surface area (Å²) in [5, 5.41) is 2.80. The van der Waals surface area contributed by atoms with Crippen LogP contribution in [0.1, 0.15) is 16.1 Å². The van der Waals surface area contributed by atoms with Crippen molar-refractivity contribution in [1.29, 1.82) is 0 Å². The first kappa shape index (κ1) is 14.1. The van der Waals surface area contributed by atoms with Crippen LogP contribution >= 0.6 is 11.8 Å². The molecule has 1 amide bonds. The molecule has 2 rings (SSSR count). The predicted molar refractivity (Wildman–Crippen MR) is 77.9 cm³/mol. The summed E-state index contributed by atoms with van der Waals surface area (Å²) in [4.78, 5) is 28.7. The van der Waals surface area contributed by atoms with E-state index in [1.165, 1.54) is 12.3 Å². The van der Waals surface area contributed by atoms with E-state index in [2.05, 4.69) is 15.2 Å². The van der Waals surface area contributed by atoms with Crippen molar-refractivity contribution in [2.75, 3.05) is 37.7 Å². The van der Waals surface area contributed by atoms with Crippen molar-refractivity contribution < 1.29 is 4.79 Å². The third-order valence-electron chi connectivity index (χ3n) is 3.12. The Labute approximate surface area is 116 Å². The summed E-state index contributed by atoms with van der Waals surface area (Å²) in [5.74, 6) is 2.02. The minimum absolute atomic E-state index is 0.180. The Hall–Kier alpha value is -1.27. The predicted octanol–water partition coefficient (Wildman–Crippen LogP) is 0.462. The number of rotatable bonds is 4. The quantitative estimate of drug-likeness (QED) is 0.841. The molecule has 6 heteroatoms. The Kier molecular flexibility index (Phi) is 5.04. The molecule has 104 valence electrons. The Morgan fingerprint density at radius 2 is 2.21 bits per heavy atom. The number of hydrogen-bond acceptors (Lipinski definition) is 4. The van der Waals surface area contributed by atoms with Crippen LogP contribution in [0.5, 0.6) is 0 Å². The summed E-state index contributed by atoms with van der Waals surface area (Å²) < 4.78 is 0. The van der Waals surface area contributed by atoms with E-state index < -0.39 is 0 Å². The molecule has 2 N–H and O–H groups in total. The van der Waals surface area contributed by atoms with Gasteiger partial charge in [-0.2, -0.15) is 11.8 Å². The Bertz CT molecular complexity index is 495. The van der Waals surface area contributed by atoms with E-state index in [1.807, 2.05) is 11.8 Å². The average molecular weight is 281 g/mol. The number of thioether (sulfide) groups is 1. The summed E-state index contributed by atoms with van der Waals surface area (Å²) >= 11 is 1.96. The molecule has 0 aromatic carbocycles. The summed E-state index contributed by atoms with van der Waals surface area (Å²) in [5.41, 5.74) is 0.704. The van der Waals surface area contributed by atoms with Gasteiger partial charge in [0.05, 0.1) is 0 Å². The first-order chi connectivity index (χ1) is 9.16. The SMILES string of the molecule is Cc1cc(=O)c(C(=O)NCCN2CCSCC2)c[nH]1. The van der Waals surface area contributed by atoms with Gasteiger partial charge < -0.3 is 10.3 Å². The number of nitrogens with zero attached hydrogens (tertiary/aromatic N) is 1. The molecular weight excluding hydrogens is 262 g/mol. The molecule has 2 heterocycles. The van der Waals surface area contributed by atoms with E-state index in [-0.39, 0.29) is 16.9 Å². The topological polar surface area (TPSA) is 65.2 Å². The first-order valence-electron chi connectivity index (χ1n) is 6.44. The van der Waals surface area contributed by atoms with E-state index in [1.54, 1.807) is 6.92 Å². The number of carbonyl (C=O) groups excluding carboxylic acids is 1. The fraction of sp³-hybridized carbons (Fsp3) is 0.538. The maximum atomic E-state index is 11.9. The highest BCUT2D eigenvalue weighted by Gasteiger charge is 2.12. The fourth-order valence-electron chi connectivity index (χ4n) is 2.00. The van der Waals surface area contributed by atoms with Crippen molar-refractivity contribution in [3.8, 4) is 0 Å². The maximum absolute atomic E-state index is 11.9. The zero-order valence-corrected chi connectivity index (χ0v) is 11.9. The van der Waals surface area contributed by atoms with Gasteiger partial charge in [-0.1, -0.05) is 0 Å². The van der Waals surface area contributed by atoms with Crippen LogP contribution in [0.4, 0.5) is 0 Å². The normalized spacial score (nSPS) is 16.3.